The average molecular weight is 476 g/mol. The molecule has 6 nitrogen and oxygen atoms in total. The Morgan fingerprint density at radius 1 is 1.09 bits per heavy atom. The normalized spacial score (nSPS) is 17.3. The van der Waals surface area contributed by atoms with E-state index in [0.717, 1.165) is 22.0 Å². The molecule has 4 rings (SSSR count). The van der Waals surface area contributed by atoms with Gasteiger partial charge in [-0.15, -0.1) is 0 Å². The van der Waals surface area contributed by atoms with Gasteiger partial charge < -0.3 is 15.0 Å². The number of ether oxygens (including phenoxy) is 1. The Labute approximate surface area is 204 Å². The van der Waals surface area contributed by atoms with E-state index in [0.29, 0.717) is 23.7 Å². The van der Waals surface area contributed by atoms with Crippen LogP contribution in [-0.2, 0) is 14.3 Å². The highest BCUT2D eigenvalue weighted by Gasteiger charge is 2.42. The summed E-state index contributed by atoms with van der Waals surface area (Å²) in [6.45, 7) is 6.80. The number of aliphatic imine (C=N–C) groups is 1. The van der Waals surface area contributed by atoms with Crippen molar-refractivity contribution in [2.45, 2.75) is 33.2 Å². The van der Waals surface area contributed by atoms with E-state index in [1.54, 1.807) is 6.92 Å². The molecule has 0 radical (unpaired) electrons. The van der Waals surface area contributed by atoms with Gasteiger partial charge in [0, 0.05) is 17.8 Å². The van der Waals surface area contributed by atoms with Crippen LogP contribution in [0.15, 0.2) is 82.3 Å². The summed E-state index contributed by atoms with van der Waals surface area (Å²) >= 11 is 1.47. The fraction of sp³-hybridized carbons (Fsp3) is 0.296. The van der Waals surface area contributed by atoms with Crippen LogP contribution < -0.4 is 5.32 Å². The molecular formula is C27H29N3O3S. The molecule has 0 spiro atoms. The number of carbonyl (C=O) groups is 2. The molecule has 1 amide bonds. The molecule has 0 fully saturated rings. The van der Waals surface area contributed by atoms with Gasteiger partial charge in [-0.2, -0.15) is 0 Å². The van der Waals surface area contributed by atoms with Gasteiger partial charge in [0.1, 0.15) is 0 Å². The van der Waals surface area contributed by atoms with Gasteiger partial charge in [0.25, 0.3) is 0 Å². The van der Waals surface area contributed by atoms with E-state index < -0.39 is 12.0 Å². The van der Waals surface area contributed by atoms with Crippen LogP contribution >= 0.6 is 11.8 Å². The van der Waals surface area contributed by atoms with Crippen molar-refractivity contribution in [1.82, 2.24) is 10.2 Å². The Kier molecular flexibility index (Phi) is 7.53. The quantitative estimate of drug-likeness (QED) is 0.537. The SMILES string of the molecule is CCOC(=O)C1=C(c2ccccc2)N=C2SC=C(CC(=O)NCC(C)C)N2[C@@H]1c1ccccc1. The Hall–Kier alpha value is -3.32. The molecular weight excluding hydrogens is 446 g/mol. The second-order valence-electron chi connectivity index (χ2n) is 8.53. The summed E-state index contributed by atoms with van der Waals surface area (Å²) in [5, 5.41) is 5.69. The van der Waals surface area contributed by atoms with Crippen molar-refractivity contribution in [2.75, 3.05) is 13.2 Å². The molecule has 2 aromatic carbocycles. The van der Waals surface area contributed by atoms with Crippen LogP contribution in [0.5, 0.6) is 0 Å². The predicted octanol–water partition coefficient (Wildman–Crippen LogP) is 5.12. The number of thioether (sulfide) groups is 1. The van der Waals surface area contributed by atoms with E-state index in [1.807, 2.05) is 71.0 Å². The van der Waals surface area contributed by atoms with Crippen LogP contribution in [0.2, 0.25) is 0 Å². The van der Waals surface area contributed by atoms with Gasteiger partial charge in [0.15, 0.2) is 5.17 Å². The molecule has 2 aliphatic rings. The van der Waals surface area contributed by atoms with Crippen LogP contribution in [0.3, 0.4) is 0 Å². The van der Waals surface area contributed by atoms with E-state index in [2.05, 4.69) is 19.2 Å². The molecule has 0 bridgehead atoms. The van der Waals surface area contributed by atoms with Crippen LogP contribution in [0.1, 0.15) is 44.4 Å². The molecule has 176 valence electrons. The highest BCUT2D eigenvalue weighted by Crippen LogP contribution is 2.46. The third kappa shape index (κ3) is 5.09. The Bertz CT molecular complexity index is 1140. The second kappa shape index (κ2) is 10.7. The zero-order chi connectivity index (χ0) is 24.1. The second-order valence-corrected chi connectivity index (χ2v) is 9.36. The largest absolute Gasteiger partial charge is 0.463 e. The number of hydrogen-bond acceptors (Lipinski definition) is 6. The first-order valence-electron chi connectivity index (χ1n) is 11.5. The summed E-state index contributed by atoms with van der Waals surface area (Å²) in [4.78, 5) is 33.0. The van der Waals surface area contributed by atoms with Crippen molar-refractivity contribution >= 4 is 34.5 Å². The van der Waals surface area contributed by atoms with E-state index in [9.17, 15) is 9.59 Å². The van der Waals surface area contributed by atoms with E-state index in [1.165, 1.54) is 11.8 Å². The third-order valence-corrected chi connectivity index (χ3v) is 6.41. The van der Waals surface area contributed by atoms with Gasteiger partial charge in [-0.1, -0.05) is 86.3 Å². The number of fused-ring (bicyclic) bond motifs is 1. The lowest BCUT2D eigenvalue weighted by atomic mass is 9.91. The molecule has 2 aliphatic heterocycles. The highest BCUT2D eigenvalue weighted by atomic mass is 32.2. The summed E-state index contributed by atoms with van der Waals surface area (Å²) in [5.41, 5.74) is 3.67. The minimum atomic E-state index is -0.456. The minimum absolute atomic E-state index is 0.0517. The monoisotopic (exact) mass is 475 g/mol. The number of rotatable bonds is 8. The number of benzene rings is 2. The van der Waals surface area contributed by atoms with Crippen LogP contribution in [-0.4, -0.2) is 35.1 Å². The summed E-state index contributed by atoms with van der Waals surface area (Å²) in [6.07, 6.45) is 0.207. The average Bonchev–Trinajstić information content (AvgIpc) is 3.25. The number of amides is 1. The molecule has 1 atom stereocenters. The van der Waals surface area contributed by atoms with Crippen molar-refractivity contribution in [3.8, 4) is 0 Å². The lowest BCUT2D eigenvalue weighted by Crippen LogP contribution is -2.38. The standard InChI is InChI=1S/C27H29N3O3S/c1-4-33-26(32)23-24(19-11-7-5-8-12-19)29-27-30(25(23)20-13-9-6-10-14-20)21(17-34-27)15-22(31)28-16-18(2)3/h5-14,17-18,25H,4,15-16H2,1-3H3,(H,28,31)/t25-/m1/s1. The molecule has 2 heterocycles. The van der Waals surface area contributed by atoms with Gasteiger partial charge in [0.05, 0.1) is 30.3 Å². The lowest BCUT2D eigenvalue weighted by molar-refractivity contribution is -0.139. The first-order chi connectivity index (χ1) is 16.5. The molecule has 7 heteroatoms. The van der Waals surface area contributed by atoms with Gasteiger partial charge in [-0.3, -0.25) is 4.79 Å². The van der Waals surface area contributed by atoms with Gasteiger partial charge >= 0.3 is 5.97 Å². The number of carbonyl (C=O) groups excluding carboxylic acids is 2. The number of esters is 1. The number of amidine groups is 1. The summed E-state index contributed by atoms with van der Waals surface area (Å²) in [6, 6.07) is 19.1. The minimum Gasteiger partial charge on any atom is -0.463 e. The van der Waals surface area contributed by atoms with Gasteiger partial charge in [-0.05, 0) is 23.8 Å². The number of nitrogens with one attached hydrogen (secondary N) is 1. The van der Waals surface area contributed by atoms with Crippen molar-refractivity contribution in [1.29, 1.82) is 0 Å². The van der Waals surface area contributed by atoms with Crippen molar-refractivity contribution in [3.05, 3.63) is 88.5 Å². The molecule has 2 aromatic rings. The smallest absolute Gasteiger partial charge is 0.338 e. The fourth-order valence-electron chi connectivity index (χ4n) is 3.98. The van der Waals surface area contributed by atoms with Crippen molar-refractivity contribution in [2.24, 2.45) is 10.9 Å². The van der Waals surface area contributed by atoms with Crippen LogP contribution in [0.25, 0.3) is 5.70 Å². The van der Waals surface area contributed by atoms with Crippen molar-refractivity contribution < 1.29 is 14.3 Å². The maximum atomic E-state index is 13.4. The number of nitrogens with zero attached hydrogens (tertiary/aromatic N) is 2. The maximum Gasteiger partial charge on any atom is 0.338 e. The summed E-state index contributed by atoms with van der Waals surface area (Å²) in [7, 11) is 0. The molecule has 0 saturated heterocycles. The van der Waals surface area contributed by atoms with Crippen molar-refractivity contribution in [3.63, 3.8) is 0 Å². The zero-order valence-electron chi connectivity index (χ0n) is 19.7. The Morgan fingerprint density at radius 3 is 2.41 bits per heavy atom. The molecule has 34 heavy (non-hydrogen) atoms. The fourth-order valence-corrected chi connectivity index (χ4v) is 4.90. The summed E-state index contributed by atoms with van der Waals surface area (Å²) < 4.78 is 5.52. The number of hydrogen-bond donors (Lipinski definition) is 1. The predicted molar refractivity (Wildman–Crippen MR) is 137 cm³/mol. The third-order valence-electron chi connectivity index (χ3n) is 5.52. The zero-order valence-corrected chi connectivity index (χ0v) is 20.5. The van der Waals surface area contributed by atoms with E-state index in [-0.39, 0.29) is 18.9 Å². The molecule has 1 N–H and O–H groups in total. The first kappa shape index (κ1) is 23.8. The molecule has 0 saturated carbocycles. The first-order valence-corrected chi connectivity index (χ1v) is 12.4. The van der Waals surface area contributed by atoms with E-state index in [4.69, 9.17) is 9.73 Å². The summed E-state index contributed by atoms with van der Waals surface area (Å²) in [5.74, 6) is -0.0884. The van der Waals surface area contributed by atoms with E-state index >= 15 is 0 Å². The topological polar surface area (TPSA) is 71.0 Å². The Morgan fingerprint density at radius 2 is 1.76 bits per heavy atom. The van der Waals surface area contributed by atoms with Gasteiger partial charge in [-0.25, -0.2) is 9.79 Å². The maximum absolute atomic E-state index is 13.4. The van der Waals surface area contributed by atoms with Crippen LogP contribution in [0, 0.1) is 5.92 Å². The van der Waals surface area contributed by atoms with Crippen LogP contribution in [0.4, 0.5) is 0 Å². The molecule has 0 aromatic heterocycles. The molecule has 0 unspecified atom stereocenters. The molecule has 0 aliphatic carbocycles. The Balaban J connectivity index is 1.80. The highest BCUT2D eigenvalue weighted by molar-refractivity contribution is 8.16. The lowest BCUT2D eigenvalue weighted by Gasteiger charge is -2.36. The van der Waals surface area contributed by atoms with Gasteiger partial charge in [0.2, 0.25) is 5.91 Å².